The summed E-state index contributed by atoms with van der Waals surface area (Å²) < 4.78 is 14.3. The molecule has 1 atom stereocenters. The Labute approximate surface area is 253 Å². The van der Waals surface area contributed by atoms with Gasteiger partial charge in [-0.15, -0.1) is 0 Å². The molecule has 0 saturated carbocycles. The van der Waals surface area contributed by atoms with Crippen molar-refractivity contribution in [1.29, 1.82) is 0 Å². The summed E-state index contributed by atoms with van der Waals surface area (Å²) in [5, 5.41) is 0. The van der Waals surface area contributed by atoms with Crippen LogP contribution in [0.25, 0.3) is 11.0 Å². The molecular formula is C31H47N7O3S. The van der Waals surface area contributed by atoms with Crippen LogP contribution in [0, 0.1) is 17.8 Å². The van der Waals surface area contributed by atoms with E-state index in [4.69, 9.17) is 16.2 Å². The highest BCUT2D eigenvalue weighted by atomic mass is 32.2. The minimum atomic E-state index is -0.555. The molecule has 0 radical (unpaired) electrons. The van der Waals surface area contributed by atoms with Crippen LogP contribution in [0.4, 0.5) is 0 Å². The number of carbonyl (C=O) groups excluding carboxylic acids is 1. The molecule has 1 aromatic heterocycles. The minimum absolute atomic E-state index is 0.201. The van der Waals surface area contributed by atoms with Gasteiger partial charge in [0.25, 0.3) is 0 Å². The smallest absolute Gasteiger partial charge is 0.330 e. The van der Waals surface area contributed by atoms with E-state index in [2.05, 4.69) is 25.4 Å². The Bertz CT molecular complexity index is 1290. The third-order valence-electron chi connectivity index (χ3n) is 8.98. The lowest BCUT2D eigenvalue weighted by atomic mass is 9.96. The fourth-order valence-electron chi connectivity index (χ4n) is 6.44. The maximum atomic E-state index is 12.9. The van der Waals surface area contributed by atoms with Crippen molar-refractivity contribution in [3.05, 3.63) is 34.2 Å². The molecule has 3 saturated heterocycles. The number of piperidine rings is 3. The highest BCUT2D eigenvalue weighted by Crippen LogP contribution is 2.28. The van der Waals surface area contributed by atoms with E-state index in [1.54, 1.807) is 16.2 Å². The van der Waals surface area contributed by atoms with Crippen LogP contribution in [0.5, 0.6) is 0 Å². The number of aldehydes is 1. The van der Waals surface area contributed by atoms with Crippen LogP contribution in [0.1, 0.15) is 63.1 Å². The fourth-order valence-corrected chi connectivity index (χ4v) is 7.51. The third-order valence-corrected chi connectivity index (χ3v) is 10.2. The summed E-state index contributed by atoms with van der Waals surface area (Å²) in [4.78, 5) is 26.3. The Morgan fingerprint density at radius 1 is 1.05 bits per heavy atom. The van der Waals surface area contributed by atoms with Gasteiger partial charge >= 0.3 is 5.69 Å². The molecule has 3 aliphatic rings. The molecule has 1 aromatic carbocycles. The number of nitrogens with zero attached hydrogens (tertiary/aromatic N) is 5. The van der Waals surface area contributed by atoms with Crippen LogP contribution in [0.3, 0.4) is 0 Å². The van der Waals surface area contributed by atoms with Crippen molar-refractivity contribution in [2.45, 2.75) is 69.7 Å². The van der Waals surface area contributed by atoms with Crippen LogP contribution >= 0.6 is 12.1 Å². The Kier molecular flexibility index (Phi) is 11.2. The summed E-state index contributed by atoms with van der Waals surface area (Å²) in [5.41, 5.74) is 14.4. The van der Waals surface area contributed by atoms with Crippen molar-refractivity contribution >= 4 is 29.5 Å². The summed E-state index contributed by atoms with van der Waals surface area (Å²) >= 11 is 1.94. The highest BCUT2D eigenvalue weighted by Gasteiger charge is 2.27. The van der Waals surface area contributed by atoms with E-state index in [0.717, 1.165) is 80.7 Å². The second kappa shape index (κ2) is 15.0. The van der Waals surface area contributed by atoms with Gasteiger partial charge in [0.05, 0.1) is 28.9 Å². The van der Waals surface area contributed by atoms with Gasteiger partial charge in [-0.3, -0.25) is 9.13 Å². The van der Waals surface area contributed by atoms with Crippen molar-refractivity contribution in [3.63, 3.8) is 0 Å². The monoisotopic (exact) mass is 597 g/mol. The van der Waals surface area contributed by atoms with E-state index in [9.17, 15) is 9.59 Å². The standard InChI is InChI=1S/C31H47N7O3S/c1-34-30-25(5-2-7-28(30)38(31(34)40)29(33)8-3-21-39)6-4-22-41-27-13-15-35(16-14-27)23-24-9-17-36(18-10-24)42-37-19-11-26(32)12-20-37/h2,5,7,21,24,26-27,29H,3,8-20,22-23,32-33H2,1H3. The van der Waals surface area contributed by atoms with Gasteiger partial charge in [0.1, 0.15) is 12.9 Å². The molecule has 1 unspecified atom stereocenters. The number of aromatic nitrogens is 2. The van der Waals surface area contributed by atoms with Crippen molar-refractivity contribution in [3.8, 4) is 11.8 Å². The van der Waals surface area contributed by atoms with Crippen LogP contribution in [0.15, 0.2) is 23.0 Å². The van der Waals surface area contributed by atoms with Crippen LogP contribution in [-0.2, 0) is 16.6 Å². The first-order valence-corrected chi connectivity index (χ1v) is 16.3. The molecule has 3 fully saturated rings. The largest absolute Gasteiger partial charge is 0.365 e. The minimum Gasteiger partial charge on any atom is -0.365 e. The second-order valence-electron chi connectivity index (χ2n) is 12.0. The number of nitrogens with two attached hydrogens (primary N) is 2. The van der Waals surface area contributed by atoms with E-state index in [1.165, 1.54) is 32.5 Å². The highest BCUT2D eigenvalue weighted by molar-refractivity contribution is 7.94. The lowest BCUT2D eigenvalue weighted by molar-refractivity contribution is -0.108. The van der Waals surface area contributed by atoms with Gasteiger partial charge in [0, 0.05) is 77.5 Å². The van der Waals surface area contributed by atoms with Gasteiger partial charge in [0.15, 0.2) is 0 Å². The maximum Gasteiger partial charge on any atom is 0.330 e. The summed E-state index contributed by atoms with van der Waals surface area (Å²) in [6, 6.07) is 6.07. The first-order valence-electron chi connectivity index (χ1n) is 15.6. The lowest BCUT2D eigenvalue weighted by Crippen LogP contribution is -2.43. The Morgan fingerprint density at radius 2 is 1.74 bits per heavy atom. The van der Waals surface area contributed by atoms with Crippen LogP contribution in [0.2, 0.25) is 0 Å². The zero-order valence-electron chi connectivity index (χ0n) is 25.0. The van der Waals surface area contributed by atoms with Crippen molar-refractivity contribution in [2.24, 2.45) is 24.4 Å². The predicted molar refractivity (Wildman–Crippen MR) is 169 cm³/mol. The van der Waals surface area contributed by atoms with Gasteiger partial charge in [-0.1, -0.05) is 17.9 Å². The molecule has 2 aromatic rings. The number of rotatable bonds is 10. The molecule has 0 spiro atoms. The van der Waals surface area contributed by atoms with Crippen LogP contribution in [-0.4, -0.2) is 93.5 Å². The van der Waals surface area contributed by atoms with Gasteiger partial charge in [-0.25, -0.2) is 13.4 Å². The SMILES string of the molecule is Cn1c(=O)n(C(N)CCC=O)c2cccc(C#CCOC3CCN(CC4CCN(SN5CCC(N)CC5)CC4)CC3)c21. The number of aryl methyl sites for hydroxylation is 1. The third kappa shape index (κ3) is 7.85. The first kappa shape index (κ1) is 31.3. The van der Waals surface area contributed by atoms with Crippen molar-refractivity contribution in [2.75, 3.05) is 52.4 Å². The molecular weight excluding hydrogens is 550 g/mol. The molecule has 230 valence electrons. The van der Waals surface area contributed by atoms with Gasteiger partial charge in [-0.05, 0) is 63.0 Å². The Hall–Kier alpha value is -2.17. The van der Waals surface area contributed by atoms with Gasteiger partial charge in [-0.2, -0.15) is 0 Å². The molecule has 11 heteroatoms. The molecule has 0 aliphatic carbocycles. The van der Waals surface area contributed by atoms with E-state index in [0.29, 0.717) is 25.5 Å². The predicted octanol–water partition coefficient (Wildman–Crippen LogP) is 2.31. The molecule has 3 aliphatic heterocycles. The molecule has 10 nitrogen and oxygen atoms in total. The number of likely N-dealkylation sites (tertiary alicyclic amines) is 1. The number of hydrogen-bond donors (Lipinski definition) is 2. The Morgan fingerprint density at radius 3 is 2.43 bits per heavy atom. The molecule has 4 heterocycles. The number of ether oxygens (including phenoxy) is 1. The van der Waals surface area contributed by atoms with Gasteiger partial charge in [0.2, 0.25) is 0 Å². The number of para-hydroxylation sites is 1. The second-order valence-corrected chi connectivity index (χ2v) is 13.2. The zero-order chi connectivity index (χ0) is 29.5. The molecule has 42 heavy (non-hydrogen) atoms. The zero-order valence-corrected chi connectivity index (χ0v) is 25.8. The summed E-state index contributed by atoms with van der Waals surface area (Å²) in [6.45, 7) is 8.31. The van der Waals surface area contributed by atoms with E-state index >= 15 is 0 Å². The molecule has 0 bridgehead atoms. The van der Waals surface area contributed by atoms with Crippen LogP contribution < -0.4 is 17.2 Å². The average molecular weight is 598 g/mol. The average Bonchev–Trinajstić information content (AvgIpc) is 3.27. The normalized spacial score (nSPS) is 21.4. The molecule has 5 rings (SSSR count). The quantitative estimate of drug-likeness (QED) is 0.242. The van der Waals surface area contributed by atoms with Crippen molar-refractivity contribution in [1.82, 2.24) is 22.6 Å². The fraction of sp³-hybridized carbons (Fsp3) is 0.677. The number of fused-ring (bicyclic) bond motifs is 1. The molecule has 4 N–H and O–H groups in total. The molecule has 0 amide bonds. The lowest BCUT2D eigenvalue weighted by Gasteiger charge is -2.39. The van der Waals surface area contributed by atoms with E-state index in [1.807, 2.05) is 30.3 Å². The number of hydrogen-bond acceptors (Lipinski definition) is 9. The summed E-state index contributed by atoms with van der Waals surface area (Å²) in [6.07, 6.45) is 8.10. The summed E-state index contributed by atoms with van der Waals surface area (Å²) in [5.74, 6) is 7.17. The first-order chi connectivity index (χ1) is 20.4. The topological polar surface area (TPSA) is 115 Å². The number of carbonyl (C=O) groups is 1. The Balaban J connectivity index is 1.04. The van der Waals surface area contributed by atoms with Gasteiger partial charge < -0.3 is 25.9 Å². The summed E-state index contributed by atoms with van der Waals surface area (Å²) in [7, 11) is 1.73. The van der Waals surface area contributed by atoms with Crippen molar-refractivity contribution < 1.29 is 9.53 Å². The number of imidazole rings is 1. The number of benzene rings is 1. The van der Waals surface area contributed by atoms with E-state index in [-0.39, 0.29) is 11.8 Å². The maximum absolute atomic E-state index is 12.9. The van der Waals surface area contributed by atoms with E-state index < -0.39 is 6.17 Å².